The molecule has 0 unspecified atom stereocenters. The van der Waals surface area contributed by atoms with Gasteiger partial charge in [0.1, 0.15) is 6.61 Å². The van der Waals surface area contributed by atoms with E-state index in [4.69, 9.17) is 9.47 Å². The molecule has 1 N–H and O–H groups in total. The molecule has 1 aliphatic carbocycles. The van der Waals surface area contributed by atoms with Gasteiger partial charge in [0.2, 0.25) is 0 Å². The van der Waals surface area contributed by atoms with E-state index in [-0.39, 0.29) is 5.91 Å². The first kappa shape index (κ1) is 25.1. The predicted octanol–water partition coefficient (Wildman–Crippen LogP) is 6.49. The van der Waals surface area contributed by atoms with Gasteiger partial charge in [-0.1, -0.05) is 31.4 Å². The molecule has 0 radical (unpaired) electrons. The van der Waals surface area contributed by atoms with E-state index < -0.39 is 0 Å². The molecule has 0 aromatic heterocycles. The highest BCUT2D eigenvalue weighted by Crippen LogP contribution is 2.33. The Morgan fingerprint density at radius 3 is 2.24 bits per heavy atom. The summed E-state index contributed by atoms with van der Waals surface area (Å²) in [7, 11) is 1.63. The van der Waals surface area contributed by atoms with Crippen LogP contribution < -0.4 is 14.8 Å². The van der Waals surface area contributed by atoms with Gasteiger partial charge in [-0.15, -0.1) is 0 Å². The van der Waals surface area contributed by atoms with E-state index >= 15 is 0 Å². The molecule has 2 aromatic carbocycles. The van der Waals surface area contributed by atoms with Crippen LogP contribution in [0.2, 0.25) is 0 Å². The van der Waals surface area contributed by atoms with Gasteiger partial charge >= 0.3 is 0 Å². The number of carbonyl (C=O) groups is 1. The van der Waals surface area contributed by atoms with Crippen LogP contribution in [-0.2, 0) is 0 Å². The standard InChI is InChI=1S/C28H40N2O3/c1-20(2)30(21(3)4)17-18-33-27-19-25(15-16-26(27)32-5)29-28(31)24-13-11-23(12-14-24)22-9-7-6-8-10-22/h11-16,19-22H,6-10,17-18H2,1-5H3,(H,29,31). The highest BCUT2D eigenvalue weighted by atomic mass is 16.5. The first-order chi connectivity index (χ1) is 15.9. The van der Waals surface area contributed by atoms with Crippen LogP contribution in [0.25, 0.3) is 0 Å². The van der Waals surface area contributed by atoms with E-state index in [1.54, 1.807) is 7.11 Å². The number of hydrogen-bond acceptors (Lipinski definition) is 4. The number of rotatable bonds is 10. The minimum absolute atomic E-state index is 0.118. The van der Waals surface area contributed by atoms with Crippen molar-refractivity contribution in [2.24, 2.45) is 0 Å². The monoisotopic (exact) mass is 452 g/mol. The summed E-state index contributed by atoms with van der Waals surface area (Å²) in [6.07, 6.45) is 6.47. The van der Waals surface area contributed by atoms with E-state index in [0.29, 0.717) is 47.4 Å². The smallest absolute Gasteiger partial charge is 0.255 e. The van der Waals surface area contributed by atoms with E-state index in [1.165, 1.54) is 37.7 Å². The van der Waals surface area contributed by atoms with Crippen molar-refractivity contribution in [2.75, 3.05) is 25.6 Å². The summed E-state index contributed by atoms with van der Waals surface area (Å²) in [4.78, 5) is 15.2. The van der Waals surface area contributed by atoms with Crippen LogP contribution in [0.1, 0.15) is 81.6 Å². The van der Waals surface area contributed by atoms with Crippen LogP contribution >= 0.6 is 0 Å². The Labute approximate surface area is 199 Å². The Kier molecular flexibility index (Phi) is 9.19. The lowest BCUT2D eigenvalue weighted by Gasteiger charge is -2.30. The second-order valence-corrected chi connectivity index (χ2v) is 9.55. The Bertz CT molecular complexity index is 879. The summed E-state index contributed by atoms with van der Waals surface area (Å²) in [6, 6.07) is 14.5. The molecule has 1 saturated carbocycles. The van der Waals surface area contributed by atoms with Crippen LogP contribution in [0.15, 0.2) is 42.5 Å². The summed E-state index contributed by atoms with van der Waals surface area (Å²) in [5.41, 5.74) is 2.71. The van der Waals surface area contributed by atoms with Crippen LogP contribution in [0.5, 0.6) is 11.5 Å². The maximum Gasteiger partial charge on any atom is 0.255 e. The Morgan fingerprint density at radius 2 is 1.64 bits per heavy atom. The molecule has 0 aliphatic heterocycles. The predicted molar refractivity (Wildman–Crippen MR) is 136 cm³/mol. The van der Waals surface area contributed by atoms with Crippen molar-refractivity contribution in [1.82, 2.24) is 4.90 Å². The first-order valence-electron chi connectivity index (χ1n) is 12.4. The molecule has 3 rings (SSSR count). The van der Waals surface area contributed by atoms with Gasteiger partial charge in [-0.25, -0.2) is 0 Å². The van der Waals surface area contributed by atoms with Gasteiger partial charge in [0.05, 0.1) is 7.11 Å². The SMILES string of the molecule is COc1ccc(NC(=O)c2ccc(C3CCCCC3)cc2)cc1OCCN(C(C)C)C(C)C. The molecule has 0 atom stereocenters. The maximum atomic E-state index is 12.8. The molecule has 0 saturated heterocycles. The van der Waals surface area contributed by atoms with Gasteiger partial charge in [0.25, 0.3) is 5.91 Å². The zero-order valence-electron chi connectivity index (χ0n) is 20.9. The van der Waals surface area contributed by atoms with E-state index in [2.05, 4.69) is 50.0 Å². The van der Waals surface area contributed by atoms with Gasteiger partial charge in [-0.2, -0.15) is 0 Å². The lowest BCUT2D eigenvalue weighted by Crippen LogP contribution is -2.39. The van der Waals surface area contributed by atoms with Gasteiger partial charge in [0.15, 0.2) is 11.5 Å². The Hall–Kier alpha value is -2.53. The molecule has 0 bridgehead atoms. The number of ether oxygens (including phenoxy) is 2. The largest absolute Gasteiger partial charge is 0.493 e. The molecule has 0 spiro atoms. The Morgan fingerprint density at radius 1 is 0.970 bits per heavy atom. The second-order valence-electron chi connectivity index (χ2n) is 9.55. The summed E-state index contributed by atoms with van der Waals surface area (Å²) < 4.78 is 11.5. The highest BCUT2D eigenvalue weighted by molar-refractivity contribution is 6.04. The minimum atomic E-state index is -0.118. The van der Waals surface area contributed by atoms with Crippen LogP contribution in [-0.4, -0.2) is 43.2 Å². The normalized spacial score (nSPS) is 14.7. The van der Waals surface area contributed by atoms with Crippen LogP contribution in [0.4, 0.5) is 5.69 Å². The number of anilines is 1. The zero-order chi connectivity index (χ0) is 23.8. The van der Waals surface area contributed by atoms with E-state index in [1.807, 2.05) is 30.3 Å². The molecule has 0 heterocycles. The molecule has 1 aliphatic rings. The number of nitrogens with zero attached hydrogens (tertiary/aromatic N) is 1. The topological polar surface area (TPSA) is 50.8 Å². The summed E-state index contributed by atoms with van der Waals surface area (Å²) in [5.74, 6) is 1.81. The van der Waals surface area contributed by atoms with Crippen molar-refractivity contribution in [3.05, 3.63) is 53.6 Å². The number of carbonyl (C=O) groups excluding carboxylic acids is 1. The average molecular weight is 453 g/mol. The van der Waals surface area contributed by atoms with Crippen molar-refractivity contribution >= 4 is 11.6 Å². The Balaban J connectivity index is 1.62. The van der Waals surface area contributed by atoms with Gasteiger partial charge in [-0.3, -0.25) is 9.69 Å². The molecule has 33 heavy (non-hydrogen) atoms. The molecule has 1 amide bonds. The van der Waals surface area contributed by atoms with Gasteiger partial charge in [0, 0.05) is 35.9 Å². The number of amides is 1. The fraction of sp³-hybridized carbons (Fsp3) is 0.536. The maximum absolute atomic E-state index is 12.8. The lowest BCUT2D eigenvalue weighted by atomic mass is 9.84. The summed E-state index contributed by atoms with van der Waals surface area (Å²) in [6.45, 7) is 10.1. The number of methoxy groups -OCH3 is 1. The molecule has 2 aromatic rings. The van der Waals surface area contributed by atoms with Crippen LogP contribution in [0.3, 0.4) is 0 Å². The number of nitrogens with one attached hydrogen (secondary N) is 1. The van der Waals surface area contributed by atoms with Crippen molar-refractivity contribution in [3.8, 4) is 11.5 Å². The number of benzene rings is 2. The average Bonchev–Trinajstić information content (AvgIpc) is 2.82. The molecule has 180 valence electrons. The lowest BCUT2D eigenvalue weighted by molar-refractivity contribution is 0.102. The fourth-order valence-corrected chi connectivity index (χ4v) is 4.79. The van der Waals surface area contributed by atoms with Crippen molar-refractivity contribution in [3.63, 3.8) is 0 Å². The molecular formula is C28H40N2O3. The summed E-state index contributed by atoms with van der Waals surface area (Å²) >= 11 is 0. The van der Waals surface area contributed by atoms with Crippen molar-refractivity contribution < 1.29 is 14.3 Å². The van der Waals surface area contributed by atoms with E-state index in [9.17, 15) is 4.79 Å². The number of hydrogen-bond donors (Lipinski definition) is 1. The first-order valence-corrected chi connectivity index (χ1v) is 12.4. The zero-order valence-corrected chi connectivity index (χ0v) is 20.9. The second kappa shape index (κ2) is 12.1. The summed E-state index contributed by atoms with van der Waals surface area (Å²) in [5, 5.41) is 3.00. The molecule has 5 nitrogen and oxygen atoms in total. The van der Waals surface area contributed by atoms with Crippen molar-refractivity contribution in [1.29, 1.82) is 0 Å². The molecule has 1 fully saturated rings. The third-order valence-corrected chi connectivity index (χ3v) is 6.60. The quantitative estimate of drug-likeness (QED) is 0.447. The van der Waals surface area contributed by atoms with Crippen molar-refractivity contribution in [2.45, 2.75) is 77.8 Å². The highest BCUT2D eigenvalue weighted by Gasteiger charge is 2.17. The van der Waals surface area contributed by atoms with Crippen LogP contribution in [0, 0.1) is 0 Å². The molecule has 5 heteroatoms. The molecular weight excluding hydrogens is 412 g/mol. The third-order valence-electron chi connectivity index (χ3n) is 6.60. The fourth-order valence-electron chi connectivity index (χ4n) is 4.79. The van der Waals surface area contributed by atoms with Gasteiger partial charge < -0.3 is 14.8 Å². The minimum Gasteiger partial charge on any atom is -0.493 e. The van der Waals surface area contributed by atoms with Gasteiger partial charge in [-0.05, 0) is 76.3 Å². The third kappa shape index (κ3) is 6.97. The van der Waals surface area contributed by atoms with E-state index in [0.717, 1.165) is 6.54 Å².